The fourth-order valence-electron chi connectivity index (χ4n) is 9.62. The molecular weight excluding hydrogens is 693 g/mol. The lowest BCUT2D eigenvalue weighted by Crippen LogP contribution is -2.14. The Labute approximate surface area is 332 Å². The van der Waals surface area contributed by atoms with Crippen LogP contribution in [0.4, 0.5) is 0 Å². The standard InChI is InChI=1S/C54H40N2O/c1-3-47(36-16-5-4-6-17-36)55-52(31-34(2)37-25-28-45-51(33-37)57-50-30-27-35-15-7-8-18-39(35)54(45)50)56-48-24-14-13-21-42(48)46-32-38(26-29-49(46)56)53-43-22-11-9-19-40(43)41-20-10-12-23-44(41)53/h3-13,15-23,25-30,32-33,52-53H,1-2,14,24,31H2/b55-47+. The number of aliphatic imine (C=N–C) groups is 1. The molecular formula is C54H40N2O. The first-order valence-electron chi connectivity index (χ1n) is 19.9. The lowest BCUT2D eigenvalue weighted by atomic mass is 9.88. The molecule has 2 aliphatic rings. The Kier molecular flexibility index (Phi) is 7.82. The highest BCUT2D eigenvalue weighted by Crippen LogP contribution is 2.49. The third kappa shape index (κ3) is 5.38. The summed E-state index contributed by atoms with van der Waals surface area (Å²) in [5.74, 6) is 0.179. The lowest BCUT2D eigenvalue weighted by Gasteiger charge is -2.23. The van der Waals surface area contributed by atoms with Crippen LogP contribution in [0.5, 0.6) is 0 Å². The molecule has 0 spiro atoms. The van der Waals surface area contributed by atoms with Crippen LogP contribution in [-0.4, -0.2) is 10.3 Å². The average molecular weight is 733 g/mol. The van der Waals surface area contributed by atoms with Crippen LogP contribution < -0.4 is 0 Å². The summed E-state index contributed by atoms with van der Waals surface area (Å²) in [7, 11) is 0. The lowest BCUT2D eigenvalue weighted by molar-refractivity contribution is 0.534. The molecule has 0 saturated carbocycles. The molecule has 2 aromatic heterocycles. The van der Waals surface area contributed by atoms with Crippen molar-refractivity contribution in [3.8, 4) is 11.1 Å². The summed E-state index contributed by atoms with van der Waals surface area (Å²) in [6.07, 6.45) is 8.82. The molecule has 0 amide bonds. The zero-order valence-electron chi connectivity index (χ0n) is 31.7. The van der Waals surface area contributed by atoms with Crippen LogP contribution in [0.1, 0.15) is 64.0 Å². The van der Waals surface area contributed by atoms with Crippen LogP contribution in [0, 0.1) is 0 Å². The van der Waals surface area contributed by atoms with E-state index in [9.17, 15) is 0 Å². The number of hydrogen-bond acceptors (Lipinski definition) is 2. The molecule has 0 bridgehead atoms. The number of nitrogens with zero attached hydrogens (tertiary/aromatic N) is 2. The van der Waals surface area contributed by atoms with E-state index in [-0.39, 0.29) is 12.1 Å². The van der Waals surface area contributed by atoms with Crippen molar-refractivity contribution in [2.45, 2.75) is 31.3 Å². The minimum atomic E-state index is -0.266. The van der Waals surface area contributed by atoms with E-state index < -0.39 is 0 Å². The first-order chi connectivity index (χ1) is 28.1. The van der Waals surface area contributed by atoms with Crippen LogP contribution in [-0.2, 0) is 6.42 Å². The molecule has 7 aromatic carbocycles. The largest absolute Gasteiger partial charge is 0.456 e. The van der Waals surface area contributed by atoms with Gasteiger partial charge in [0.1, 0.15) is 17.3 Å². The van der Waals surface area contributed by atoms with Crippen molar-refractivity contribution >= 4 is 61.0 Å². The van der Waals surface area contributed by atoms with Gasteiger partial charge in [0.25, 0.3) is 0 Å². The monoisotopic (exact) mass is 732 g/mol. The molecule has 1 atom stereocenters. The Bertz CT molecular complexity index is 3110. The van der Waals surface area contributed by atoms with Gasteiger partial charge in [0.05, 0.1) is 11.2 Å². The van der Waals surface area contributed by atoms with Crippen molar-refractivity contribution in [2.24, 2.45) is 4.99 Å². The van der Waals surface area contributed by atoms with Gasteiger partial charge in [-0.2, -0.15) is 0 Å². The van der Waals surface area contributed by atoms with Crippen molar-refractivity contribution in [3.05, 3.63) is 216 Å². The van der Waals surface area contributed by atoms with Gasteiger partial charge in [0.15, 0.2) is 0 Å². The Morgan fingerprint density at radius 1 is 0.719 bits per heavy atom. The maximum absolute atomic E-state index is 6.50. The van der Waals surface area contributed by atoms with Crippen LogP contribution in [0.25, 0.3) is 66.4 Å². The van der Waals surface area contributed by atoms with Crippen LogP contribution >= 0.6 is 0 Å². The first-order valence-corrected chi connectivity index (χ1v) is 19.9. The van der Waals surface area contributed by atoms with Crippen molar-refractivity contribution in [1.82, 2.24) is 4.57 Å². The third-order valence-corrected chi connectivity index (χ3v) is 12.2. The molecule has 1 unspecified atom stereocenters. The fourth-order valence-corrected chi connectivity index (χ4v) is 9.62. The molecule has 0 N–H and O–H groups in total. The summed E-state index contributed by atoms with van der Waals surface area (Å²) >= 11 is 0. The summed E-state index contributed by atoms with van der Waals surface area (Å²) in [6.45, 7) is 8.97. The average Bonchev–Trinajstić information content (AvgIpc) is 3.93. The molecule has 3 nitrogen and oxygen atoms in total. The van der Waals surface area contributed by atoms with Crippen LogP contribution in [0.3, 0.4) is 0 Å². The Hall–Kier alpha value is -6.97. The highest BCUT2D eigenvalue weighted by Gasteiger charge is 2.31. The Balaban J connectivity index is 1.05. The van der Waals surface area contributed by atoms with Crippen molar-refractivity contribution < 1.29 is 4.42 Å². The van der Waals surface area contributed by atoms with Gasteiger partial charge in [-0.05, 0) is 105 Å². The first kappa shape index (κ1) is 33.4. The fraction of sp³-hybridized carbons (Fsp3) is 0.0926. The maximum atomic E-state index is 6.50. The third-order valence-electron chi connectivity index (χ3n) is 12.2. The number of fused-ring (bicyclic) bond motifs is 11. The summed E-state index contributed by atoms with van der Waals surface area (Å²) in [4.78, 5) is 5.57. The molecule has 0 radical (unpaired) electrons. The molecule has 3 heteroatoms. The van der Waals surface area contributed by atoms with Gasteiger partial charge in [-0.25, -0.2) is 0 Å². The van der Waals surface area contributed by atoms with E-state index in [4.69, 9.17) is 16.0 Å². The number of furan rings is 1. The Morgan fingerprint density at radius 3 is 2.28 bits per heavy atom. The van der Waals surface area contributed by atoms with Gasteiger partial charge in [-0.3, -0.25) is 4.99 Å². The normalized spacial score (nSPS) is 14.3. The van der Waals surface area contributed by atoms with E-state index in [0.717, 1.165) is 57.2 Å². The van der Waals surface area contributed by atoms with Crippen molar-refractivity contribution in [1.29, 1.82) is 0 Å². The van der Waals surface area contributed by atoms with Gasteiger partial charge in [0.2, 0.25) is 0 Å². The zero-order chi connectivity index (χ0) is 38.0. The highest BCUT2D eigenvalue weighted by atomic mass is 16.3. The second kappa shape index (κ2) is 13.4. The summed E-state index contributed by atoms with van der Waals surface area (Å²) in [5.41, 5.74) is 16.2. The predicted octanol–water partition coefficient (Wildman–Crippen LogP) is 14.1. The van der Waals surface area contributed by atoms with Crippen LogP contribution in [0.2, 0.25) is 0 Å². The molecule has 0 aliphatic heterocycles. The van der Waals surface area contributed by atoms with E-state index in [1.54, 1.807) is 0 Å². The smallest absolute Gasteiger partial charge is 0.136 e. The van der Waals surface area contributed by atoms with Gasteiger partial charge < -0.3 is 8.98 Å². The van der Waals surface area contributed by atoms with Gasteiger partial charge in [-0.1, -0.05) is 147 Å². The maximum Gasteiger partial charge on any atom is 0.136 e. The van der Waals surface area contributed by atoms with Gasteiger partial charge in [0, 0.05) is 39.8 Å². The molecule has 272 valence electrons. The van der Waals surface area contributed by atoms with E-state index in [1.165, 1.54) is 60.8 Å². The minimum Gasteiger partial charge on any atom is -0.456 e. The van der Waals surface area contributed by atoms with Crippen molar-refractivity contribution in [3.63, 3.8) is 0 Å². The molecule has 0 fully saturated rings. The second-order valence-corrected chi connectivity index (χ2v) is 15.4. The number of aromatic nitrogens is 1. The predicted molar refractivity (Wildman–Crippen MR) is 239 cm³/mol. The summed E-state index contributed by atoms with van der Waals surface area (Å²) < 4.78 is 9.00. The zero-order valence-corrected chi connectivity index (χ0v) is 31.7. The van der Waals surface area contributed by atoms with Crippen LogP contribution in [0.15, 0.2) is 186 Å². The minimum absolute atomic E-state index is 0.179. The van der Waals surface area contributed by atoms with E-state index >= 15 is 0 Å². The molecule has 2 heterocycles. The molecule has 0 saturated heterocycles. The summed E-state index contributed by atoms with van der Waals surface area (Å²) in [6, 6.07) is 54.6. The Morgan fingerprint density at radius 2 is 1.47 bits per heavy atom. The number of allylic oxidation sites excluding steroid dienone is 2. The molecule has 57 heavy (non-hydrogen) atoms. The second-order valence-electron chi connectivity index (χ2n) is 15.4. The quantitative estimate of drug-likeness (QED) is 0.143. The summed E-state index contributed by atoms with van der Waals surface area (Å²) in [5, 5.41) is 5.95. The number of rotatable bonds is 8. The highest BCUT2D eigenvalue weighted by molar-refractivity contribution is 6.19. The van der Waals surface area contributed by atoms with Gasteiger partial charge in [-0.15, -0.1) is 0 Å². The van der Waals surface area contributed by atoms with Gasteiger partial charge >= 0.3 is 0 Å². The molecule has 2 aliphatic carbocycles. The van der Waals surface area contributed by atoms with E-state index in [0.29, 0.717) is 6.42 Å². The molecule has 9 aromatic rings. The number of hydrogen-bond donors (Lipinski definition) is 0. The molecule has 11 rings (SSSR count). The number of benzene rings is 7. The topological polar surface area (TPSA) is 30.4 Å². The van der Waals surface area contributed by atoms with E-state index in [1.807, 2.05) is 12.1 Å². The van der Waals surface area contributed by atoms with E-state index in [2.05, 4.69) is 169 Å². The SMILES string of the molecule is C=C/C(=N\C(CC(=C)c1ccc2c(c1)oc1ccc3ccccc3c12)n1c2c(c3cc(C4c5ccccc5-c5ccccc54)ccc31)C=CCC2)c1ccccc1. The van der Waals surface area contributed by atoms with Crippen molar-refractivity contribution in [2.75, 3.05) is 0 Å².